The number of aryl methyl sites for hydroxylation is 2. The fraction of sp³-hybridized carbons (Fsp3) is 0.231. The Kier molecular flexibility index (Phi) is 7.49. The highest BCUT2D eigenvalue weighted by molar-refractivity contribution is 5.76. The Morgan fingerprint density at radius 1 is 1.00 bits per heavy atom. The number of nitrogens with one attached hydrogen (secondary N) is 1. The van der Waals surface area contributed by atoms with Crippen molar-refractivity contribution in [3.63, 3.8) is 0 Å². The van der Waals surface area contributed by atoms with E-state index in [0.717, 1.165) is 22.4 Å². The molecule has 0 aliphatic carbocycles. The van der Waals surface area contributed by atoms with Gasteiger partial charge in [0.2, 0.25) is 23.6 Å². The maximum atomic E-state index is 12.3. The number of carbonyl (C=O) groups excluding carboxylic acids is 1. The molecule has 0 bridgehead atoms. The van der Waals surface area contributed by atoms with Crippen LogP contribution in [0, 0.1) is 6.92 Å². The fourth-order valence-electron chi connectivity index (χ4n) is 3.18. The lowest BCUT2D eigenvalue weighted by atomic mass is 10.1. The molecule has 1 N–H and O–H groups in total. The van der Waals surface area contributed by atoms with Gasteiger partial charge in [-0.3, -0.25) is 4.79 Å². The summed E-state index contributed by atoms with van der Waals surface area (Å²) in [5.74, 6) is 2.66. The third-order valence-electron chi connectivity index (χ3n) is 4.98. The van der Waals surface area contributed by atoms with E-state index in [1.807, 2.05) is 68.4 Å². The summed E-state index contributed by atoms with van der Waals surface area (Å²) < 4.78 is 16.9. The van der Waals surface area contributed by atoms with Gasteiger partial charge in [0.1, 0.15) is 11.5 Å². The number of pyridine rings is 1. The summed E-state index contributed by atoms with van der Waals surface area (Å²) in [5, 5.41) is 11.0. The highest BCUT2D eigenvalue weighted by Gasteiger charge is 2.11. The van der Waals surface area contributed by atoms with Crippen LogP contribution < -0.4 is 14.8 Å². The smallest absolute Gasteiger partial charge is 0.247 e. The highest BCUT2D eigenvalue weighted by Crippen LogP contribution is 2.23. The van der Waals surface area contributed by atoms with Crippen LogP contribution in [0.4, 0.5) is 0 Å². The zero-order chi connectivity index (χ0) is 23.8. The predicted octanol–water partition coefficient (Wildman–Crippen LogP) is 4.88. The summed E-state index contributed by atoms with van der Waals surface area (Å²) >= 11 is 0. The normalized spacial score (nSPS) is 10.6. The van der Waals surface area contributed by atoms with Crippen LogP contribution in [0.5, 0.6) is 17.4 Å². The lowest BCUT2D eigenvalue weighted by Gasteiger charge is -2.09. The summed E-state index contributed by atoms with van der Waals surface area (Å²) in [5.41, 5.74) is 2.89. The quantitative estimate of drug-likeness (QED) is 0.361. The minimum Gasteiger partial charge on any atom is -0.494 e. The van der Waals surface area contributed by atoms with Crippen LogP contribution in [0.1, 0.15) is 30.4 Å². The Balaban J connectivity index is 1.25. The van der Waals surface area contributed by atoms with E-state index in [0.29, 0.717) is 43.0 Å². The van der Waals surface area contributed by atoms with Crippen LogP contribution in [-0.4, -0.2) is 27.7 Å². The lowest BCUT2D eigenvalue weighted by molar-refractivity contribution is -0.121. The van der Waals surface area contributed by atoms with Gasteiger partial charge in [-0.05, 0) is 61.9 Å². The molecule has 0 radical (unpaired) electrons. The second kappa shape index (κ2) is 11.1. The van der Waals surface area contributed by atoms with Crippen LogP contribution in [0.2, 0.25) is 0 Å². The Morgan fingerprint density at radius 2 is 1.76 bits per heavy atom. The van der Waals surface area contributed by atoms with Gasteiger partial charge in [-0.15, -0.1) is 10.2 Å². The average Bonchev–Trinajstić information content (AvgIpc) is 3.33. The number of ether oxygens (including phenoxy) is 2. The molecule has 2 aromatic heterocycles. The fourth-order valence-corrected chi connectivity index (χ4v) is 3.18. The summed E-state index contributed by atoms with van der Waals surface area (Å²) in [4.78, 5) is 16.5. The molecule has 2 heterocycles. The monoisotopic (exact) mass is 458 g/mol. The van der Waals surface area contributed by atoms with E-state index in [9.17, 15) is 4.79 Å². The molecule has 0 atom stereocenters. The van der Waals surface area contributed by atoms with Gasteiger partial charge in [0.05, 0.1) is 6.61 Å². The van der Waals surface area contributed by atoms with Crippen molar-refractivity contribution in [3.05, 3.63) is 83.9 Å². The van der Waals surface area contributed by atoms with Crippen LogP contribution in [0.25, 0.3) is 11.5 Å². The number of hydrogen-bond acceptors (Lipinski definition) is 7. The van der Waals surface area contributed by atoms with E-state index >= 15 is 0 Å². The van der Waals surface area contributed by atoms with Crippen molar-refractivity contribution in [1.82, 2.24) is 20.5 Å². The average molecular weight is 459 g/mol. The zero-order valence-corrected chi connectivity index (χ0v) is 19.2. The number of carbonyl (C=O) groups is 1. The van der Waals surface area contributed by atoms with Gasteiger partial charge in [-0.2, -0.15) is 0 Å². The molecule has 0 saturated carbocycles. The van der Waals surface area contributed by atoms with Crippen molar-refractivity contribution in [2.24, 2.45) is 0 Å². The Morgan fingerprint density at radius 3 is 2.53 bits per heavy atom. The molecule has 0 aliphatic heterocycles. The number of nitrogens with zero attached hydrogens (tertiary/aromatic N) is 3. The Hall–Kier alpha value is -4.20. The molecule has 0 spiro atoms. The van der Waals surface area contributed by atoms with Gasteiger partial charge in [-0.1, -0.05) is 17.7 Å². The van der Waals surface area contributed by atoms with Gasteiger partial charge < -0.3 is 19.2 Å². The van der Waals surface area contributed by atoms with Gasteiger partial charge in [0.25, 0.3) is 0 Å². The van der Waals surface area contributed by atoms with Gasteiger partial charge >= 0.3 is 0 Å². The maximum absolute atomic E-state index is 12.3. The predicted molar refractivity (Wildman–Crippen MR) is 127 cm³/mol. The van der Waals surface area contributed by atoms with Crippen molar-refractivity contribution >= 4 is 5.91 Å². The summed E-state index contributed by atoms with van der Waals surface area (Å²) in [6, 6.07) is 18.8. The second-order valence-corrected chi connectivity index (χ2v) is 7.65. The lowest BCUT2D eigenvalue weighted by Crippen LogP contribution is -2.23. The minimum atomic E-state index is -0.110. The molecule has 4 aromatic rings. The molecule has 34 heavy (non-hydrogen) atoms. The minimum absolute atomic E-state index is 0.110. The molecule has 2 aromatic carbocycles. The molecule has 0 aliphatic rings. The largest absolute Gasteiger partial charge is 0.494 e. The van der Waals surface area contributed by atoms with E-state index in [1.165, 1.54) is 0 Å². The summed E-state index contributed by atoms with van der Waals surface area (Å²) in [6.45, 7) is 4.92. The summed E-state index contributed by atoms with van der Waals surface area (Å²) in [7, 11) is 0. The SMILES string of the molecule is CCOc1ccc(Oc2cc(CNC(=O)CCc3nnc(-c4ccc(C)cc4)o3)ccn2)cc1. The molecule has 0 fully saturated rings. The van der Waals surface area contributed by atoms with E-state index in [4.69, 9.17) is 13.9 Å². The molecule has 4 rings (SSSR count). The van der Waals surface area contributed by atoms with Gasteiger partial charge in [0, 0.05) is 37.2 Å². The third kappa shape index (κ3) is 6.41. The van der Waals surface area contributed by atoms with Crippen LogP contribution in [-0.2, 0) is 17.8 Å². The number of amides is 1. The zero-order valence-electron chi connectivity index (χ0n) is 19.2. The van der Waals surface area contributed by atoms with Crippen molar-refractivity contribution in [2.45, 2.75) is 33.2 Å². The maximum Gasteiger partial charge on any atom is 0.247 e. The first-order valence-corrected chi connectivity index (χ1v) is 11.1. The second-order valence-electron chi connectivity index (χ2n) is 7.65. The third-order valence-corrected chi connectivity index (χ3v) is 4.98. The molecule has 174 valence electrons. The number of hydrogen-bond donors (Lipinski definition) is 1. The Labute approximate surface area is 198 Å². The highest BCUT2D eigenvalue weighted by atomic mass is 16.5. The van der Waals surface area contributed by atoms with Gasteiger partial charge in [0.15, 0.2) is 0 Å². The van der Waals surface area contributed by atoms with E-state index in [-0.39, 0.29) is 12.3 Å². The number of benzene rings is 2. The molecule has 8 heteroatoms. The first kappa shape index (κ1) is 23.0. The molecule has 1 amide bonds. The Bertz CT molecular complexity index is 1220. The van der Waals surface area contributed by atoms with E-state index in [1.54, 1.807) is 12.3 Å². The molecular weight excluding hydrogens is 432 g/mol. The molecule has 0 saturated heterocycles. The van der Waals surface area contributed by atoms with Crippen molar-refractivity contribution < 1.29 is 18.7 Å². The molecule has 8 nitrogen and oxygen atoms in total. The van der Waals surface area contributed by atoms with Crippen molar-refractivity contribution in [2.75, 3.05) is 6.61 Å². The van der Waals surface area contributed by atoms with Crippen LogP contribution >= 0.6 is 0 Å². The molecular formula is C26H26N4O4. The first-order valence-electron chi connectivity index (χ1n) is 11.1. The number of rotatable bonds is 10. The standard InChI is InChI=1S/C26H26N4O4/c1-3-32-21-8-10-22(11-9-21)33-25-16-19(14-15-27-25)17-28-23(31)12-13-24-29-30-26(34-24)20-6-4-18(2)5-7-20/h4-11,14-16H,3,12-13,17H2,1-2H3,(H,28,31). The topological polar surface area (TPSA) is 99.4 Å². The first-order chi connectivity index (χ1) is 16.6. The van der Waals surface area contributed by atoms with Crippen molar-refractivity contribution in [3.8, 4) is 28.8 Å². The van der Waals surface area contributed by atoms with Crippen LogP contribution in [0.15, 0.2) is 71.3 Å². The summed E-state index contributed by atoms with van der Waals surface area (Å²) in [6.07, 6.45) is 2.26. The van der Waals surface area contributed by atoms with E-state index < -0.39 is 0 Å². The number of aromatic nitrogens is 3. The van der Waals surface area contributed by atoms with Gasteiger partial charge in [-0.25, -0.2) is 4.98 Å². The van der Waals surface area contributed by atoms with E-state index in [2.05, 4.69) is 20.5 Å². The van der Waals surface area contributed by atoms with Crippen molar-refractivity contribution in [1.29, 1.82) is 0 Å². The molecule has 0 unspecified atom stereocenters. The van der Waals surface area contributed by atoms with Crippen LogP contribution in [0.3, 0.4) is 0 Å².